The summed E-state index contributed by atoms with van der Waals surface area (Å²) in [6.07, 6.45) is 1.83. The number of nitrogens with two attached hydrogens (primary N) is 1. The summed E-state index contributed by atoms with van der Waals surface area (Å²) in [4.78, 5) is 0. The summed E-state index contributed by atoms with van der Waals surface area (Å²) in [6, 6.07) is 5.74. The van der Waals surface area contributed by atoms with E-state index < -0.39 is 0 Å². The molecular weight excluding hydrogens is 229 g/mol. The first-order valence-corrected chi connectivity index (χ1v) is 5.94. The molecule has 0 bridgehead atoms. The van der Waals surface area contributed by atoms with Gasteiger partial charge in [-0.3, -0.25) is 0 Å². The fourth-order valence-corrected chi connectivity index (χ4v) is 2.14. The van der Waals surface area contributed by atoms with Gasteiger partial charge in [-0.05, 0) is 36.5 Å². The van der Waals surface area contributed by atoms with E-state index in [4.69, 9.17) is 28.9 Å². The third kappa shape index (κ3) is 4.42. The van der Waals surface area contributed by atoms with Crippen molar-refractivity contribution in [3.8, 4) is 0 Å². The van der Waals surface area contributed by atoms with Crippen molar-refractivity contribution in [2.75, 3.05) is 0 Å². The zero-order valence-electron chi connectivity index (χ0n) is 9.13. The summed E-state index contributed by atoms with van der Waals surface area (Å²) in [6.45, 7) is 4.34. The van der Waals surface area contributed by atoms with Crippen molar-refractivity contribution >= 4 is 23.2 Å². The molecule has 84 valence electrons. The van der Waals surface area contributed by atoms with Gasteiger partial charge >= 0.3 is 0 Å². The van der Waals surface area contributed by atoms with Gasteiger partial charge in [0.05, 0.1) is 0 Å². The Kier molecular flexibility index (Phi) is 4.91. The topological polar surface area (TPSA) is 26.0 Å². The van der Waals surface area contributed by atoms with Crippen LogP contribution < -0.4 is 5.73 Å². The molecule has 0 fully saturated rings. The molecule has 0 aliphatic heterocycles. The molecule has 0 spiro atoms. The average molecular weight is 246 g/mol. The van der Waals surface area contributed by atoms with Crippen molar-refractivity contribution in [3.05, 3.63) is 33.8 Å². The van der Waals surface area contributed by atoms with Gasteiger partial charge in [-0.2, -0.15) is 0 Å². The van der Waals surface area contributed by atoms with E-state index in [0.717, 1.165) is 18.4 Å². The molecule has 0 saturated heterocycles. The largest absolute Gasteiger partial charge is 0.327 e. The predicted octanol–water partition coefficient (Wildman–Crippen LogP) is 3.91. The highest BCUT2D eigenvalue weighted by Crippen LogP contribution is 2.22. The molecule has 0 aromatic heterocycles. The zero-order valence-corrected chi connectivity index (χ0v) is 10.6. The van der Waals surface area contributed by atoms with Gasteiger partial charge in [0.1, 0.15) is 0 Å². The molecule has 0 heterocycles. The number of hydrogen-bond acceptors (Lipinski definition) is 1. The van der Waals surface area contributed by atoms with Crippen molar-refractivity contribution < 1.29 is 0 Å². The molecule has 0 aliphatic rings. The second-order valence-corrected chi connectivity index (χ2v) is 5.17. The Labute approximate surface area is 102 Å². The van der Waals surface area contributed by atoms with Gasteiger partial charge in [0.15, 0.2) is 0 Å². The van der Waals surface area contributed by atoms with E-state index in [9.17, 15) is 0 Å². The van der Waals surface area contributed by atoms with Crippen LogP contribution in [0.2, 0.25) is 10.0 Å². The molecule has 2 N–H and O–H groups in total. The van der Waals surface area contributed by atoms with Crippen LogP contribution in [0.5, 0.6) is 0 Å². The maximum Gasteiger partial charge on any atom is 0.0453 e. The zero-order chi connectivity index (χ0) is 11.4. The molecule has 0 radical (unpaired) electrons. The SMILES string of the molecule is CC(C)C[C@@H](N)Cc1ccc(Cl)cc1Cl. The first-order chi connectivity index (χ1) is 6.99. The quantitative estimate of drug-likeness (QED) is 0.856. The first-order valence-electron chi connectivity index (χ1n) is 5.18. The van der Waals surface area contributed by atoms with Gasteiger partial charge in [0.25, 0.3) is 0 Å². The van der Waals surface area contributed by atoms with Crippen molar-refractivity contribution in [1.82, 2.24) is 0 Å². The molecule has 0 aliphatic carbocycles. The normalized spacial score (nSPS) is 13.2. The highest BCUT2D eigenvalue weighted by atomic mass is 35.5. The van der Waals surface area contributed by atoms with Crippen LogP contribution in [0.15, 0.2) is 18.2 Å². The molecule has 0 unspecified atom stereocenters. The van der Waals surface area contributed by atoms with Gasteiger partial charge in [0, 0.05) is 16.1 Å². The molecule has 0 saturated carbocycles. The summed E-state index contributed by atoms with van der Waals surface area (Å²) >= 11 is 11.9. The molecule has 1 rings (SSSR count). The summed E-state index contributed by atoms with van der Waals surface area (Å²) in [7, 11) is 0. The van der Waals surface area contributed by atoms with Crippen LogP contribution in [-0.4, -0.2) is 6.04 Å². The Balaban J connectivity index is 2.64. The Morgan fingerprint density at radius 3 is 2.47 bits per heavy atom. The van der Waals surface area contributed by atoms with E-state index in [1.807, 2.05) is 12.1 Å². The van der Waals surface area contributed by atoms with Gasteiger partial charge in [-0.25, -0.2) is 0 Å². The highest BCUT2D eigenvalue weighted by Gasteiger charge is 2.09. The van der Waals surface area contributed by atoms with E-state index in [1.54, 1.807) is 6.07 Å². The summed E-state index contributed by atoms with van der Waals surface area (Å²) in [5.74, 6) is 0.617. The van der Waals surface area contributed by atoms with Crippen molar-refractivity contribution in [3.63, 3.8) is 0 Å². The smallest absolute Gasteiger partial charge is 0.0453 e. The number of halogens is 2. The number of hydrogen-bond donors (Lipinski definition) is 1. The van der Waals surface area contributed by atoms with Crippen molar-refractivity contribution in [2.24, 2.45) is 11.7 Å². The fraction of sp³-hybridized carbons (Fsp3) is 0.500. The molecule has 1 atom stereocenters. The second kappa shape index (κ2) is 5.74. The van der Waals surface area contributed by atoms with E-state index in [-0.39, 0.29) is 6.04 Å². The van der Waals surface area contributed by atoms with Crippen LogP contribution in [0.4, 0.5) is 0 Å². The van der Waals surface area contributed by atoms with Gasteiger partial charge < -0.3 is 5.73 Å². The van der Waals surface area contributed by atoms with Crippen LogP contribution in [0, 0.1) is 5.92 Å². The molecule has 15 heavy (non-hydrogen) atoms. The second-order valence-electron chi connectivity index (χ2n) is 4.33. The van der Waals surface area contributed by atoms with Crippen LogP contribution in [0.3, 0.4) is 0 Å². The van der Waals surface area contributed by atoms with E-state index >= 15 is 0 Å². The molecular formula is C12H17Cl2N. The third-order valence-corrected chi connectivity index (χ3v) is 2.86. The first kappa shape index (κ1) is 12.8. The number of benzene rings is 1. The number of rotatable bonds is 4. The van der Waals surface area contributed by atoms with Crippen LogP contribution >= 0.6 is 23.2 Å². The van der Waals surface area contributed by atoms with Crippen molar-refractivity contribution in [2.45, 2.75) is 32.7 Å². The maximum absolute atomic E-state index is 6.07. The van der Waals surface area contributed by atoms with Gasteiger partial charge in [-0.1, -0.05) is 43.1 Å². The summed E-state index contributed by atoms with van der Waals surface area (Å²) in [5.41, 5.74) is 7.10. The lowest BCUT2D eigenvalue weighted by Gasteiger charge is -2.14. The monoisotopic (exact) mass is 245 g/mol. The summed E-state index contributed by atoms with van der Waals surface area (Å²) < 4.78 is 0. The van der Waals surface area contributed by atoms with Crippen LogP contribution in [-0.2, 0) is 6.42 Å². The predicted molar refractivity (Wildman–Crippen MR) is 67.6 cm³/mol. The molecule has 1 nitrogen and oxygen atoms in total. The van der Waals surface area contributed by atoms with Crippen molar-refractivity contribution in [1.29, 1.82) is 0 Å². The molecule has 1 aromatic carbocycles. The molecule has 3 heteroatoms. The lowest BCUT2D eigenvalue weighted by molar-refractivity contribution is 0.493. The highest BCUT2D eigenvalue weighted by molar-refractivity contribution is 6.35. The summed E-state index contributed by atoms with van der Waals surface area (Å²) in [5, 5.41) is 1.38. The Morgan fingerprint density at radius 2 is 1.93 bits per heavy atom. The minimum Gasteiger partial charge on any atom is -0.327 e. The Hall–Kier alpha value is -0.240. The lowest BCUT2D eigenvalue weighted by Crippen LogP contribution is -2.24. The van der Waals surface area contributed by atoms with E-state index in [0.29, 0.717) is 16.0 Å². The standard InChI is InChI=1S/C12H17Cl2N/c1-8(2)5-11(15)6-9-3-4-10(13)7-12(9)14/h3-4,7-8,11H,5-6,15H2,1-2H3/t11-/m1/s1. The maximum atomic E-state index is 6.07. The lowest BCUT2D eigenvalue weighted by atomic mass is 9.98. The minimum absolute atomic E-state index is 0.170. The molecule has 1 aromatic rings. The Bertz CT molecular complexity index is 323. The van der Waals surface area contributed by atoms with E-state index in [2.05, 4.69) is 13.8 Å². The Morgan fingerprint density at radius 1 is 1.27 bits per heavy atom. The average Bonchev–Trinajstić information content (AvgIpc) is 2.08. The molecule has 0 amide bonds. The van der Waals surface area contributed by atoms with Crippen LogP contribution in [0.25, 0.3) is 0 Å². The van der Waals surface area contributed by atoms with Crippen LogP contribution in [0.1, 0.15) is 25.8 Å². The fourth-order valence-electron chi connectivity index (χ4n) is 1.66. The van der Waals surface area contributed by atoms with Gasteiger partial charge in [0.2, 0.25) is 0 Å². The third-order valence-electron chi connectivity index (χ3n) is 2.27. The van der Waals surface area contributed by atoms with E-state index in [1.165, 1.54) is 0 Å². The van der Waals surface area contributed by atoms with Gasteiger partial charge in [-0.15, -0.1) is 0 Å². The minimum atomic E-state index is 0.170.